The van der Waals surface area contributed by atoms with Crippen molar-refractivity contribution in [3.8, 4) is 0 Å². The maximum absolute atomic E-state index is 10.1. The van der Waals surface area contributed by atoms with Crippen molar-refractivity contribution in [2.24, 2.45) is 11.5 Å². The van der Waals surface area contributed by atoms with Crippen molar-refractivity contribution in [1.29, 1.82) is 0 Å². The van der Waals surface area contributed by atoms with E-state index in [9.17, 15) is 9.59 Å². The average molecular weight is 238 g/mol. The Morgan fingerprint density at radius 1 is 1.27 bits per heavy atom. The van der Waals surface area contributed by atoms with Gasteiger partial charge in [0.15, 0.2) is 0 Å². The van der Waals surface area contributed by atoms with Crippen LogP contribution in [0.1, 0.15) is 13.3 Å². The summed E-state index contributed by atoms with van der Waals surface area (Å²) >= 11 is 1.60. The number of hydrogen-bond donors (Lipinski definition) is 4. The molecule has 2 atom stereocenters. The molecule has 0 aliphatic rings. The van der Waals surface area contributed by atoms with Gasteiger partial charge in [-0.25, -0.2) is 0 Å². The first kappa shape index (κ1) is 16.6. The summed E-state index contributed by atoms with van der Waals surface area (Å²) in [5, 5.41) is 16.1. The van der Waals surface area contributed by atoms with Crippen LogP contribution in [-0.2, 0) is 9.59 Å². The second-order valence-corrected chi connectivity index (χ2v) is 3.84. The smallest absolute Gasteiger partial charge is 0.320 e. The lowest BCUT2D eigenvalue weighted by atomic mass is 10.2. The molecule has 0 radical (unpaired) electrons. The van der Waals surface area contributed by atoms with Gasteiger partial charge in [0.25, 0.3) is 0 Å². The van der Waals surface area contributed by atoms with E-state index in [1.165, 1.54) is 6.92 Å². The highest BCUT2D eigenvalue weighted by molar-refractivity contribution is 7.98. The van der Waals surface area contributed by atoms with Gasteiger partial charge < -0.3 is 21.7 Å². The summed E-state index contributed by atoms with van der Waals surface area (Å²) in [4.78, 5) is 19.6. The van der Waals surface area contributed by atoms with Crippen molar-refractivity contribution in [3.05, 3.63) is 0 Å². The largest absolute Gasteiger partial charge is 0.480 e. The highest BCUT2D eigenvalue weighted by atomic mass is 32.2. The molecule has 0 fully saturated rings. The molecule has 7 heteroatoms. The standard InChI is InChI=1S/C5H11NO2S.C3H7NO2/c1-9-3-2-4(6)5(7)8;1-2(4)3(5)6/h4H,2-3,6H2,1H3,(H,7,8);2H,4H2,1H3,(H,5,6)/t4-;2-/m01/s1. The molecule has 90 valence electrons. The lowest BCUT2D eigenvalue weighted by molar-refractivity contribution is -0.139. The Labute approximate surface area is 93.0 Å². The Kier molecular flexibility index (Phi) is 10.8. The lowest BCUT2D eigenvalue weighted by Gasteiger charge is -2.02. The zero-order chi connectivity index (χ0) is 12.4. The van der Waals surface area contributed by atoms with Crippen LogP contribution in [0.2, 0.25) is 0 Å². The third kappa shape index (κ3) is 13.2. The summed E-state index contributed by atoms with van der Waals surface area (Å²) < 4.78 is 0. The van der Waals surface area contributed by atoms with Crippen LogP contribution in [-0.4, -0.2) is 46.2 Å². The zero-order valence-corrected chi connectivity index (χ0v) is 9.66. The molecule has 0 bridgehead atoms. The molecular formula is C8H18N2O4S. The van der Waals surface area contributed by atoms with Crippen LogP contribution in [0.4, 0.5) is 0 Å². The minimum absolute atomic E-state index is 0.552. The van der Waals surface area contributed by atoms with Crippen molar-refractivity contribution in [2.45, 2.75) is 25.4 Å². The minimum atomic E-state index is -0.963. The van der Waals surface area contributed by atoms with Crippen LogP contribution in [0.15, 0.2) is 0 Å². The highest BCUT2D eigenvalue weighted by Gasteiger charge is 2.08. The van der Waals surface area contributed by atoms with E-state index in [0.717, 1.165) is 5.75 Å². The van der Waals surface area contributed by atoms with Crippen LogP contribution in [0.3, 0.4) is 0 Å². The molecule has 0 aromatic heterocycles. The molecule has 15 heavy (non-hydrogen) atoms. The first-order valence-corrected chi connectivity index (χ1v) is 5.68. The van der Waals surface area contributed by atoms with Gasteiger partial charge in [-0.1, -0.05) is 0 Å². The molecule has 0 unspecified atom stereocenters. The number of carboxylic acids is 2. The van der Waals surface area contributed by atoms with E-state index >= 15 is 0 Å². The van der Waals surface area contributed by atoms with Crippen LogP contribution in [0.25, 0.3) is 0 Å². The van der Waals surface area contributed by atoms with Gasteiger partial charge in [0.05, 0.1) is 0 Å². The van der Waals surface area contributed by atoms with Gasteiger partial charge in [-0.05, 0) is 25.4 Å². The molecule has 0 saturated carbocycles. The maximum atomic E-state index is 10.1. The highest BCUT2D eigenvalue weighted by Crippen LogP contribution is 1.97. The number of carboxylic acid groups (broad SMARTS) is 2. The summed E-state index contributed by atoms with van der Waals surface area (Å²) in [6.07, 6.45) is 2.48. The van der Waals surface area contributed by atoms with Gasteiger partial charge in [0.1, 0.15) is 12.1 Å². The first-order chi connectivity index (χ1) is 6.82. The van der Waals surface area contributed by atoms with E-state index in [2.05, 4.69) is 0 Å². The molecule has 0 heterocycles. The van der Waals surface area contributed by atoms with Crippen molar-refractivity contribution >= 4 is 23.7 Å². The van der Waals surface area contributed by atoms with Crippen molar-refractivity contribution in [2.75, 3.05) is 12.0 Å². The Hall–Kier alpha value is -0.790. The average Bonchev–Trinajstić information content (AvgIpc) is 2.14. The number of hydrogen-bond acceptors (Lipinski definition) is 5. The predicted molar refractivity (Wildman–Crippen MR) is 59.9 cm³/mol. The number of thioether (sulfide) groups is 1. The topological polar surface area (TPSA) is 127 Å². The van der Waals surface area contributed by atoms with E-state index in [0.29, 0.717) is 6.42 Å². The lowest BCUT2D eigenvalue weighted by Crippen LogP contribution is -2.30. The molecular weight excluding hydrogens is 220 g/mol. The number of rotatable bonds is 5. The summed E-state index contributed by atoms with van der Waals surface area (Å²) in [5.41, 5.74) is 10.0. The fourth-order valence-corrected chi connectivity index (χ4v) is 0.858. The quantitative estimate of drug-likeness (QED) is 0.511. The van der Waals surface area contributed by atoms with E-state index in [-0.39, 0.29) is 0 Å². The fourth-order valence-electron chi connectivity index (χ4n) is 0.368. The second kappa shape index (κ2) is 9.75. The Morgan fingerprint density at radius 2 is 1.67 bits per heavy atom. The number of carbonyl (C=O) groups is 2. The molecule has 0 saturated heterocycles. The predicted octanol–water partition coefficient (Wildman–Crippen LogP) is -0.430. The minimum Gasteiger partial charge on any atom is -0.480 e. The van der Waals surface area contributed by atoms with Crippen molar-refractivity contribution in [1.82, 2.24) is 0 Å². The summed E-state index contributed by atoms with van der Waals surface area (Å²) in [6.45, 7) is 1.42. The first-order valence-electron chi connectivity index (χ1n) is 4.28. The summed E-state index contributed by atoms with van der Waals surface area (Å²) in [7, 11) is 0. The van der Waals surface area contributed by atoms with E-state index in [1.807, 2.05) is 6.26 Å². The molecule has 0 aromatic carbocycles. The third-order valence-corrected chi connectivity index (χ3v) is 1.98. The molecule has 0 aliphatic carbocycles. The van der Waals surface area contributed by atoms with Crippen LogP contribution >= 0.6 is 11.8 Å². The summed E-state index contributed by atoms with van der Waals surface area (Å²) in [6, 6.07) is -1.41. The Bertz CT molecular complexity index is 199. The Balaban J connectivity index is 0. The normalized spacial score (nSPS) is 13.3. The van der Waals surface area contributed by atoms with Crippen molar-refractivity contribution < 1.29 is 19.8 Å². The monoisotopic (exact) mass is 238 g/mol. The third-order valence-electron chi connectivity index (χ3n) is 1.34. The summed E-state index contributed by atoms with van der Waals surface area (Å²) in [5.74, 6) is -1.06. The van der Waals surface area contributed by atoms with Gasteiger partial charge in [-0.2, -0.15) is 11.8 Å². The maximum Gasteiger partial charge on any atom is 0.320 e. The molecule has 6 N–H and O–H groups in total. The molecule has 0 aliphatic heterocycles. The molecule has 0 amide bonds. The van der Waals surface area contributed by atoms with Gasteiger partial charge >= 0.3 is 11.9 Å². The van der Waals surface area contributed by atoms with Crippen molar-refractivity contribution in [3.63, 3.8) is 0 Å². The SMILES string of the molecule is CSCC[C@H](N)C(=O)O.C[C@@H](N)C(=O)O. The van der Waals surface area contributed by atoms with E-state index in [4.69, 9.17) is 21.7 Å². The van der Waals surface area contributed by atoms with Crippen LogP contribution < -0.4 is 11.5 Å². The molecule has 6 nitrogen and oxygen atoms in total. The molecule has 0 aromatic rings. The number of nitrogens with two attached hydrogens (primary N) is 2. The van der Waals surface area contributed by atoms with Crippen LogP contribution in [0, 0.1) is 0 Å². The number of aliphatic carboxylic acids is 2. The van der Waals surface area contributed by atoms with E-state index < -0.39 is 24.0 Å². The molecule has 0 spiro atoms. The van der Waals surface area contributed by atoms with Gasteiger partial charge in [0.2, 0.25) is 0 Å². The van der Waals surface area contributed by atoms with Gasteiger partial charge in [-0.3, -0.25) is 9.59 Å². The fraction of sp³-hybridized carbons (Fsp3) is 0.750. The van der Waals surface area contributed by atoms with Gasteiger partial charge in [0, 0.05) is 0 Å². The molecule has 0 rings (SSSR count). The second-order valence-electron chi connectivity index (χ2n) is 2.85. The Morgan fingerprint density at radius 3 is 1.87 bits per heavy atom. The van der Waals surface area contributed by atoms with Gasteiger partial charge in [-0.15, -0.1) is 0 Å². The zero-order valence-electron chi connectivity index (χ0n) is 8.84. The van der Waals surface area contributed by atoms with Crippen LogP contribution in [0.5, 0.6) is 0 Å². The van der Waals surface area contributed by atoms with E-state index in [1.54, 1.807) is 11.8 Å².